The van der Waals surface area contributed by atoms with Gasteiger partial charge in [-0.25, -0.2) is 4.79 Å². The molecule has 3 N–H and O–H groups in total. The lowest BCUT2D eigenvalue weighted by atomic mass is 10.2. The lowest BCUT2D eigenvalue weighted by molar-refractivity contribution is 0.0593. The summed E-state index contributed by atoms with van der Waals surface area (Å²) in [5.74, 6) is 0.0576. The van der Waals surface area contributed by atoms with E-state index < -0.39 is 5.97 Å². The van der Waals surface area contributed by atoms with Crippen molar-refractivity contribution in [2.75, 3.05) is 18.2 Å². The third-order valence-corrected chi connectivity index (χ3v) is 2.57. The zero-order valence-corrected chi connectivity index (χ0v) is 10.5. The second kappa shape index (κ2) is 5.81. The number of nitrogens with two attached hydrogens (primary N) is 1. The number of ether oxygens (including phenoxy) is 1. The van der Waals surface area contributed by atoms with Crippen molar-refractivity contribution >= 4 is 17.5 Å². The van der Waals surface area contributed by atoms with Crippen molar-refractivity contribution in [2.45, 2.75) is 6.54 Å². The molecule has 19 heavy (non-hydrogen) atoms. The second-order valence-corrected chi connectivity index (χ2v) is 3.85. The van der Waals surface area contributed by atoms with Gasteiger partial charge in [-0.1, -0.05) is 18.2 Å². The number of rotatable bonds is 4. The minimum absolute atomic E-state index is 0.173. The van der Waals surface area contributed by atoms with Gasteiger partial charge in [-0.3, -0.25) is 0 Å². The van der Waals surface area contributed by atoms with Crippen LogP contribution in [0.2, 0.25) is 0 Å². The number of nitrogen functional groups attached to an aromatic ring is 1. The monoisotopic (exact) mass is 258 g/mol. The zero-order valence-electron chi connectivity index (χ0n) is 10.5. The minimum Gasteiger partial charge on any atom is -0.464 e. The maximum Gasteiger partial charge on any atom is 0.358 e. The zero-order chi connectivity index (χ0) is 13.7. The van der Waals surface area contributed by atoms with Gasteiger partial charge in [0.25, 0.3) is 0 Å². The molecule has 1 aromatic heterocycles. The van der Waals surface area contributed by atoms with E-state index in [9.17, 15) is 4.79 Å². The second-order valence-electron chi connectivity index (χ2n) is 3.85. The Hall–Kier alpha value is -2.63. The molecule has 0 amide bonds. The largest absolute Gasteiger partial charge is 0.464 e. The summed E-state index contributed by atoms with van der Waals surface area (Å²) < 4.78 is 4.54. The minimum atomic E-state index is -0.508. The van der Waals surface area contributed by atoms with Gasteiger partial charge in [0.15, 0.2) is 5.69 Å². The normalized spacial score (nSPS) is 9.95. The van der Waals surface area contributed by atoms with Crippen molar-refractivity contribution < 1.29 is 9.53 Å². The Morgan fingerprint density at radius 1 is 1.26 bits per heavy atom. The van der Waals surface area contributed by atoms with Gasteiger partial charge in [0.05, 0.1) is 7.11 Å². The Labute approximate surface area is 110 Å². The molecule has 0 aliphatic heterocycles. The lowest BCUT2D eigenvalue weighted by Gasteiger charge is -2.07. The van der Waals surface area contributed by atoms with Crippen molar-refractivity contribution in [1.29, 1.82) is 0 Å². The SMILES string of the molecule is COC(=O)c1ccc(NCc2ccccc2N)nn1. The first-order valence-electron chi connectivity index (χ1n) is 5.70. The van der Waals surface area contributed by atoms with Crippen molar-refractivity contribution in [3.8, 4) is 0 Å². The molecule has 0 unspecified atom stereocenters. The van der Waals surface area contributed by atoms with Crippen LogP contribution in [-0.2, 0) is 11.3 Å². The van der Waals surface area contributed by atoms with Gasteiger partial charge in [0, 0.05) is 12.2 Å². The molecule has 0 saturated carbocycles. The van der Waals surface area contributed by atoms with E-state index in [1.807, 2.05) is 24.3 Å². The van der Waals surface area contributed by atoms with Gasteiger partial charge in [0.2, 0.25) is 0 Å². The lowest BCUT2D eigenvalue weighted by Crippen LogP contribution is -2.08. The molecule has 0 saturated heterocycles. The molecule has 1 heterocycles. The number of hydrogen-bond donors (Lipinski definition) is 2. The van der Waals surface area contributed by atoms with Crippen molar-refractivity contribution in [3.63, 3.8) is 0 Å². The first-order chi connectivity index (χ1) is 9.20. The summed E-state index contributed by atoms with van der Waals surface area (Å²) in [6, 6.07) is 10.8. The predicted molar refractivity (Wildman–Crippen MR) is 71.6 cm³/mol. The van der Waals surface area contributed by atoms with Gasteiger partial charge in [-0.2, -0.15) is 0 Å². The van der Waals surface area contributed by atoms with Crippen molar-refractivity contribution in [1.82, 2.24) is 10.2 Å². The number of anilines is 2. The van der Waals surface area contributed by atoms with E-state index in [1.54, 1.807) is 12.1 Å². The number of nitrogens with one attached hydrogen (secondary N) is 1. The summed E-state index contributed by atoms with van der Waals surface area (Å²) in [6.07, 6.45) is 0. The number of hydrogen-bond acceptors (Lipinski definition) is 6. The Balaban J connectivity index is 2.01. The highest BCUT2D eigenvalue weighted by Gasteiger charge is 2.07. The Morgan fingerprint density at radius 2 is 2.05 bits per heavy atom. The van der Waals surface area contributed by atoms with E-state index in [1.165, 1.54) is 7.11 Å². The van der Waals surface area contributed by atoms with Gasteiger partial charge >= 0.3 is 5.97 Å². The molecular weight excluding hydrogens is 244 g/mol. The van der Waals surface area contributed by atoms with E-state index >= 15 is 0 Å². The number of methoxy groups -OCH3 is 1. The maximum atomic E-state index is 11.2. The highest BCUT2D eigenvalue weighted by molar-refractivity contribution is 5.86. The van der Waals surface area contributed by atoms with Crippen LogP contribution in [0, 0.1) is 0 Å². The first-order valence-corrected chi connectivity index (χ1v) is 5.70. The fourth-order valence-corrected chi connectivity index (χ4v) is 1.52. The molecule has 0 spiro atoms. The topological polar surface area (TPSA) is 90.1 Å². The van der Waals surface area contributed by atoms with Crippen LogP contribution in [-0.4, -0.2) is 23.3 Å². The van der Waals surface area contributed by atoms with E-state index in [4.69, 9.17) is 5.73 Å². The van der Waals surface area contributed by atoms with Crippen LogP contribution in [0.4, 0.5) is 11.5 Å². The van der Waals surface area contributed by atoms with Crippen LogP contribution in [0.25, 0.3) is 0 Å². The summed E-state index contributed by atoms with van der Waals surface area (Å²) >= 11 is 0. The summed E-state index contributed by atoms with van der Waals surface area (Å²) in [7, 11) is 1.30. The van der Waals surface area contributed by atoms with Crippen LogP contribution >= 0.6 is 0 Å². The van der Waals surface area contributed by atoms with Crippen LogP contribution in [0.5, 0.6) is 0 Å². The van der Waals surface area contributed by atoms with E-state index in [0.717, 1.165) is 5.56 Å². The summed E-state index contributed by atoms with van der Waals surface area (Å²) in [6.45, 7) is 0.541. The Kier molecular flexibility index (Phi) is 3.92. The summed E-state index contributed by atoms with van der Waals surface area (Å²) in [5.41, 5.74) is 7.69. The van der Waals surface area contributed by atoms with Crippen LogP contribution in [0.15, 0.2) is 36.4 Å². The fourth-order valence-electron chi connectivity index (χ4n) is 1.52. The van der Waals surface area contributed by atoms with E-state index in [-0.39, 0.29) is 5.69 Å². The highest BCUT2D eigenvalue weighted by atomic mass is 16.5. The number of benzene rings is 1. The van der Waals surface area contributed by atoms with E-state index in [2.05, 4.69) is 20.3 Å². The van der Waals surface area contributed by atoms with Gasteiger partial charge in [0.1, 0.15) is 5.82 Å². The van der Waals surface area contributed by atoms with Crippen LogP contribution in [0.3, 0.4) is 0 Å². The summed E-state index contributed by atoms with van der Waals surface area (Å²) in [5, 5.41) is 10.7. The Morgan fingerprint density at radius 3 is 2.68 bits per heavy atom. The molecule has 0 atom stereocenters. The number of esters is 1. The van der Waals surface area contributed by atoms with Crippen LogP contribution < -0.4 is 11.1 Å². The molecule has 2 aromatic rings. The molecule has 2 rings (SSSR count). The smallest absolute Gasteiger partial charge is 0.358 e. The average molecular weight is 258 g/mol. The molecule has 0 aliphatic rings. The molecular formula is C13H14N4O2. The number of aromatic nitrogens is 2. The third kappa shape index (κ3) is 3.19. The number of carbonyl (C=O) groups is 1. The number of nitrogens with zero attached hydrogens (tertiary/aromatic N) is 2. The molecule has 0 aliphatic carbocycles. The average Bonchev–Trinajstić information content (AvgIpc) is 2.46. The molecule has 0 fully saturated rings. The fraction of sp³-hybridized carbons (Fsp3) is 0.154. The summed E-state index contributed by atoms with van der Waals surface area (Å²) in [4.78, 5) is 11.2. The predicted octanol–water partition coefficient (Wildman–Crippen LogP) is 1.46. The molecule has 1 aromatic carbocycles. The van der Waals surface area contributed by atoms with E-state index in [0.29, 0.717) is 18.1 Å². The van der Waals surface area contributed by atoms with Crippen molar-refractivity contribution in [3.05, 3.63) is 47.7 Å². The molecule has 6 nitrogen and oxygen atoms in total. The molecule has 0 radical (unpaired) electrons. The molecule has 6 heteroatoms. The van der Waals surface area contributed by atoms with Gasteiger partial charge in [-0.05, 0) is 23.8 Å². The van der Waals surface area contributed by atoms with Crippen molar-refractivity contribution in [2.24, 2.45) is 0 Å². The standard InChI is InChI=1S/C13H14N4O2/c1-19-13(18)11-6-7-12(17-16-11)15-8-9-4-2-3-5-10(9)14/h2-7H,8,14H2,1H3,(H,15,17). The third-order valence-electron chi connectivity index (χ3n) is 2.57. The highest BCUT2D eigenvalue weighted by Crippen LogP contribution is 2.12. The molecule has 0 bridgehead atoms. The number of carbonyl (C=O) groups excluding carboxylic acids is 1. The maximum absolute atomic E-state index is 11.2. The van der Waals surface area contributed by atoms with Gasteiger partial charge in [-0.15, -0.1) is 10.2 Å². The molecule has 98 valence electrons. The van der Waals surface area contributed by atoms with Crippen LogP contribution in [0.1, 0.15) is 16.1 Å². The number of para-hydroxylation sites is 1. The first kappa shape index (κ1) is 12.8. The quantitative estimate of drug-likeness (QED) is 0.637. The Bertz CT molecular complexity index is 569. The van der Waals surface area contributed by atoms with Gasteiger partial charge < -0.3 is 15.8 Å².